The molecule has 1 rings (SSSR count). The van der Waals surface area contributed by atoms with Crippen LogP contribution in [0.25, 0.3) is 0 Å². The maximum Gasteiger partial charge on any atom is 0.288 e. The number of hydrogen-bond donors (Lipinski definition) is 2. The number of carbonyl (C=O) groups is 1. The Hall–Kier alpha value is -2.12. The Labute approximate surface area is 121 Å². The Morgan fingerprint density at radius 3 is 2.62 bits per heavy atom. The molecule has 1 aromatic heterocycles. The Morgan fingerprint density at radius 1 is 1.52 bits per heavy atom. The first-order valence-corrected chi connectivity index (χ1v) is 6.29. The predicted molar refractivity (Wildman–Crippen MR) is 76.3 cm³/mol. The molecule has 0 saturated heterocycles. The highest BCUT2D eigenvalue weighted by Crippen LogP contribution is 2.26. The largest absolute Gasteiger partial charge is 0.352 e. The lowest BCUT2D eigenvalue weighted by molar-refractivity contribution is -0.111. The fourth-order valence-corrected chi connectivity index (χ4v) is 1.74. The molecule has 0 fully saturated rings. The average molecular weight is 299 g/mol. The normalized spacial score (nSPS) is 12.7. The molecule has 2 N–H and O–H groups in total. The van der Waals surface area contributed by atoms with Gasteiger partial charge in [-0.25, -0.2) is 0 Å². The number of carbonyl (C=O) groups excluding carboxylic acids is 1. The van der Waals surface area contributed by atoms with Gasteiger partial charge in [-0.05, 0) is 19.9 Å². The molecule has 0 saturated carbocycles. The molecule has 0 radical (unpaired) electrons. The molecule has 1 aromatic rings. The van der Waals surface area contributed by atoms with E-state index >= 15 is 0 Å². The van der Waals surface area contributed by atoms with Crippen molar-refractivity contribution in [3.05, 3.63) is 17.5 Å². The Balaban J connectivity index is 3.25. The van der Waals surface area contributed by atoms with Gasteiger partial charge in [0.2, 0.25) is 6.41 Å². The molecule has 0 spiro atoms. The van der Waals surface area contributed by atoms with Crippen LogP contribution in [0.4, 0.5) is 8.78 Å². The van der Waals surface area contributed by atoms with E-state index in [0.717, 1.165) is 6.92 Å². The van der Waals surface area contributed by atoms with Crippen molar-refractivity contribution in [2.75, 3.05) is 7.05 Å². The third kappa shape index (κ3) is 4.44. The van der Waals surface area contributed by atoms with Gasteiger partial charge in [0.05, 0.1) is 23.5 Å². The van der Waals surface area contributed by atoms with Crippen LogP contribution in [-0.4, -0.2) is 40.7 Å². The Morgan fingerprint density at radius 2 is 2.14 bits per heavy atom. The predicted octanol–water partition coefficient (Wildman–Crippen LogP) is 1.59. The summed E-state index contributed by atoms with van der Waals surface area (Å²) in [6.07, 6.45) is 1.79. The van der Waals surface area contributed by atoms with Crippen molar-refractivity contribution >= 4 is 18.3 Å². The molecule has 0 aromatic carbocycles. The first-order chi connectivity index (χ1) is 9.60. The lowest BCUT2D eigenvalue weighted by Crippen LogP contribution is -2.43. The van der Waals surface area contributed by atoms with Crippen molar-refractivity contribution in [1.29, 1.82) is 5.41 Å². The molecule has 0 aliphatic carbocycles. The minimum Gasteiger partial charge on any atom is -0.352 e. The summed E-state index contributed by atoms with van der Waals surface area (Å²) >= 11 is 0. The van der Waals surface area contributed by atoms with Crippen molar-refractivity contribution < 1.29 is 13.6 Å². The van der Waals surface area contributed by atoms with Crippen LogP contribution in [-0.2, 0) is 17.3 Å². The molecular formula is C13H19F2N5O. The molecule has 6 nitrogen and oxygen atoms in total. The van der Waals surface area contributed by atoms with Crippen LogP contribution in [0, 0.1) is 5.41 Å². The Kier molecular flexibility index (Phi) is 4.93. The number of nitrogens with zero attached hydrogens (tertiary/aromatic N) is 3. The highest BCUT2D eigenvalue weighted by Gasteiger charge is 2.31. The molecule has 1 heterocycles. The van der Waals surface area contributed by atoms with Gasteiger partial charge in [-0.15, -0.1) is 0 Å². The average Bonchev–Trinajstić information content (AvgIpc) is 2.72. The number of hydrogen-bond acceptors (Lipinski definition) is 4. The third-order valence-electron chi connectivity index (χ3n) is 2.76. The molecule has 116 valence electrons. The van der Waals surface area contributed by atoms with E-state index in [1.165, 1.54) is 24.0 Å². The van der Waals surface area contributed by atoms with Gasteiger partial charge in [-0.2, -0.15) is 13.9 Å². The summed E-state index contributed by atoms with van der Waals surface area (Å²) in [5.74, 6) is -3.11. The molecule has 8 heteroatoms. The van der Waals surface area contributed by atoms with Crippen molar-refractivity contribution in [3.8, 4) is 0 Å². The number of rotatable bonds is 7. The van der Waals surface area contributed by atoms with Crippen LogP contribution in [0.2, 0.25) is 0 Å². The second-order valence-electron chi connectivity index (χ2n) is 5.41. The van der Waals surface area contributed by atoms with E-state index in [0.29, 0.717) is 6.41 Å². The summed E-state index contributed by atoms with van der Waals surface area (Å²) in [6.45, 7) is 4.36. The topological polar surface area (TPSA) is 83.1 Å². The van der Waals surface area contributed by atoms with Crippen molar-refractivity contribution in [2.45, 2.75) is 38.8 Å². The highest BCUT2D eigenvalue weighted by molar-refractivity contribution is 6.36. The summed E-state index contributed by atoms with van der Waals surface area (Å²) in [5, 5.41) is 14.3. The van der Waals surface area contributed by atoms with E-state index in [1.807, 2.05) is 0 Å². The maximum atomic E-state index is 13.4. The van der Waals surface area contributed by atoms with Crippen molar-refractivity contribution in [1.82, 2.24) is 15.1 Å². The van der Waals surface area contributed by atoms with E-state index in [1.54, 1.807) is 13.8 Å². The zero-order chi connectivity index (χ0) is 16.3. The SMILES string of the molecule is CN=CC(=N)c1cc(C(C)(F)F)nn1CC(C)(C)NC=O. The Bertz CT molecular complexity index is 557. The second kappa shape index (κ2) is 6.11. The molecule has 0 aliphatic heterocycles. The van der Waals surface area contributed by atoms with Gasteiger partial charge in [-0.1, -0.05) is 0 Å². The second-order valence-corrected chi connectivity index (χ2v) is 5.41. The number of aliphatic imine (C=N–C) groups is 1. The first-order valence-electron chi connectivity index (χ1n) is 6.29. The van der Waals surface area contributed by atoms with Gasteiger partial charge in [0.1, 0.15) is 5.69 Å². The van der Waals surface area contributed by atoms with Gasteiger partial charge < -0.3 is 5.32 Å². The van der Waals surface area contributed by atoms with Crippen LogP contribution in [0.3, 0.4) is 0 Å². The number of halogens is 2. The minimum atomic E-state index is -3.11. The van der Waals surface area contributed by atoms with Crippen LogP contribution in [0.15, 0.2) is 11.1 Å². The standard InChI is InChI=1S/C13H19F2N5O/c1-12(2,18-8-21)7-20-10(9(16)6-17-4)5-11(19-20)13(3,14)15/h5-6,8,16H,7H2,1-4H3,(H,18,21). The van der Waals surface area contributed by atoms with Gasteiger partial charge in [-0.3, -0.25) is 19.9 Å². The summed E-state index contributed by atoms with van der Waals surface area (Å²) in [4.78, 5) is 14.3. The molecule has 0 bridgehead atoms. The maximum absolute atomic E-state index is 13.4. The van der Waals surface area contributed by atoms with Crippen LogP contribution >= 0.6 is 0 Å². The quantitative estimate of drug-likeness (QED) is 0.592. The number of amides is 1. The summed E-state index contributed by atoms with van der Waals surface area (Å²) < 4.78 is 28.1. The van der Waals surface area contributed by atoms with Crippen LogP contribution in [0.5, 0.6) is 0 Å². The minimum absolute atomic E-state index is 0.0256. The fourth-order valence-electron chi connectivity index (χ4n) is 1.74. The lowest BCUT2D eigenvalue weighted by Gasteiger charge is -2.24. The molecule has 0 atom stereocenters. The monoisotopic (exact) mass is 299 g/mol. The summed E-state index contributed by atoms with van der Waals surface area (Å²) in [5.41, 5.74) is -0.916. The zero-order valence-corrected chi connectivity index (χ0v) is 12.4. The third-order valence-corrected chi connectivity index (χ3v) is 2.76. The van der Waals surface area contributed by atoms with Crippen molar-refractivity contribution in [2.24, 2.45) is 4.99 Å². The highest BCUT2D eigenvalue weighted by atomic mass is 19.3. The number of nitrogens with one attached hydrogen (secondary N) is 2. The van der Waals surface area contributed by atoms with Gasteiger partial charge >= 0.3 is 0 Å². The van der Waals surface area contributed by atoms with Gasteiger partial charge in [0.25, 0.3) is 5.92 Å². The van der Waals surface area contributed by atoms with E-state index < -0.39 is 17.2 Å². The van der Waals surface area contributed by atoms with E-state index in [9.17, 15) is 13.6 Å². The molecule has 0 unspecified atom stereocenters. The zero-order valence-electron chi connectivity index (χ0n) is 12.4. The smallest absolute Gasteiger partial charge is 0.288 e. The molecule has 21 heavy (non-hydrogen) atoms. The number of alkyl halides is 2. The molecule has 0 aliphatic rings. The van der Waals surface area contributed by atoms with Crippen LogP contribution in [0.1, 0.15) is 32.2 Å². The van der Waals surface area contributed by atoms with Crippen molar-refractivity contribution in [3.63, 3.8) is 0 Å². The van der Waals surface area contributed by atoms with Gasteiger partial charge in [0.15, 0.2) is 0 Å². The fraction of sp³-hybridized carbons (Fsp3) is 0.538. The number of aromatic nitrogens is 2. The molecule has 1 amide bonds. The summed E-state index contributed by atoms with van der Waals surface area (Å²) in [7, 11) is 1.49. The first kappa shape index (κ1) is 16.9. The van der Waals surface area contributed by atoms with E-state index in [4.69, 9.17) is 5.41 Å². The van der Waals surface area contributed by atoms with Crippen LogP contribution < -0.4 is 5.32 Å². The van der Waals surface area contributed by atoms with E-state index in [2.05, 4.69) is 15.4 Å². The van der Waals surface area contributed by atoms with Gasteiger partial charge in [0, 0.05) is 20.2 Å². The van der Waals surface area contributed by atoms with E-state index in [-0.39, 0.29) is 18.0 Å². The summed E-state index contributed by atoms with van der Waals surface area (Å²) in [6, 6.07) is 1.17. The molecular weight excluding hydrogens is 280 g/mol. The lowest BCUT2D eigenvalue weighted by atomic mass is 10.1.